The molecule has 0 unspecified atom stereocenters. The Balaban J connectivity index is 2.00. The molecule has 0 spiro atoms. The third kappa shape index (κ3) is 4.31. The molecule has 5 nitrogen and oxygen atoms in total. The van der Waals surface area contributed by atoms with E-state index in [0.717, 1.165) is 18.4 Å². The lowest BCUT2D eigenvalue weighted by Gasteiger charge is -2.31. The molecule has 0 aliphatic carbocycles. The van der Waals surface area contributed by atoms with Crippen LogP contribution in [0.2, 0.25) is 0 Å². The zero-order chi connectivity index (χ0) is 15.9. The van der Waals surface area contributed by atoms with E-state index < -0.39 is 11.8 Å². The summed E-state index contributed by atoms with van der Waals surface area (Å²) in [5, 5.41) is 9.17. The highest BCUT2D eigenvalue weighted by Gasteiger charge is 2.29. The largest absolute Gasteiger partial charge is 0.395 e. The monoisotopic (exact) mass is 304 g/mol. The van der Waals surface area contributed by atoms with E-state index in [-0.39, 0.29) is 13.2 Å². The molecular weight excluding hydrogens is 280 g/mol. The van der Waals surface area contributed by atoms with E-state index in [1.807, 2.05) is 30.3 Å². The number of hydrogen-bond acceptors (Lipinski definition) is 3. The number of nitrogens with zero attached hydrogens (tertiary/aromatic N) is 2. The fourth-order valence-electron chi connectivity index (χ4n) is 2.66. The van der Waals surface area contributed by atoms with Gasteiger partial charge in [0.15, 0.2) is 0 Å². The Kier molecular flexibility index (Phi) is 5.95. The van der Waals surface area contributed by atoms with Crippen LogP contribution in [0.5, 0.6) is 0 Å². The molecule has 1 N–H and O–H groups in total. The molecule has 0 aromatic heterocycles. The summed E-state index contributed by atoms with van der Waals surface area (Å²) >= 11 is 0. The van der Waals surface area contributed by atoms with E-state index in [1.54, 1.807) is 4.90 Å². The summed E-state index contributed by atoms with van der Waals surface area (Å²) in [5.74, 6) is -0.360. The third-order valence-corrected chi connectivity index (χ3v) is 4.13. The van der Waals surface area contributed by atoms with Gasteiger partial charge in [-0.3, -0.25) is 9.59 Å². The number of likely N-dealkylation sites (tertiary alicyclic amines) is 1. The molecule has 120 valence electrons. The number of aliphatic hydroxyl groups is 1. The molecule has 0 saturated carbocycles. The number of rotatable bonds is 4. The zero-order valence-electron chi connectivity index (χ0n) is 13.1. The van der Waals surface area contributed by atoms with Gasteiger partial charge in [0.2, 0.25) is 0 Å². The van der Waals surface area contributed by atoms with Gasteiger partial charge in [0, 0.05) is 26.2 Å². The predicted molar refractivity (Wildman–Crippen MR) is 83.9 cm³/mol. The van der Waals surface area contributed by atoms with Crippen molar-refractivity contribution < 1.29 is 14.7 Å². The van der Waals surface area contributed by atoms with E-state index in [2.05, 4.69) is 6.92 Å². The fraction of sp³-hybridized carbons (Fsp3) is 0.529. The third-order valence-electron chi connectivity index (χ3n) is 4.13. The fourth-order valence-corrected chi connectivity index (χ4v) is 2.66. The summed E-state index contributed by atoms with van der Waals surface area (Å²) < 4.78 is 0. The van der Waals surface area contributed by atoms with Crippen molar-refractivity contribution in [3.63, 3.8) is 0 Å². The number of benzene rings is 1. The van der Waals surface area contributed by atoms with Gasteiger partial charge in [-0.25, -0.2) is 0 Å². The van der Waals surface area contributed by atoms with Gasteiger partial charge in [-0.2, -0.15) is 0 Å². The number of piperidine rings is 1. The molecule has 2 rings (SSSR count). The lowest BCUT2D eigenvalue weighted by atomic mass is 9.99. The molecule has 2 amide bonds. The number of hydrogen-bond donors (Lipinski definition) is 1. The van der Waals surface area contributed by atoms with Crippen LogP contribution in [0.25, 0.3) is 0 Å². The zero-order valence-corrected chi connectivity index (χ0v) is 13.1. The van der Waals surface area contributed by atoms with E-state index >= 15 is 0 Å². The predicted octanol–water partition coefficient (Wildman–Crippen LogP) is 1.27. The number of aliphatic hydroxyl groups excluding tert-OH is 1. The normalized spacial score (nSPS) is 15.6. The Morgan fingerprint density at radius 3 is 2.45 bits per heavy atom. The van der Waals surface area contributed by atoms with Crippen molar-refractivity contribution in [2.45, 2.75) is 26.3 Å². The molecule has 1 aromatic rings. The molecule has 0 atom stereocenters. The summed E-state index contributed by atoms with van der Waals surface area (Å²) in [6, 6.07) is 9.51. The second-order valence-corrected chi connectivity index (χ2v) is 5.91. The van der Waals surface area contributed by atoms with Crippen LogP contribution in [-0.2, 0) is 16.1 Å². The molecule has 1 saturated heterocycles. The Morgan fingerprint density at radius 2 is 1.86 bits per heavy atom. The maximum absolute atomic E-state index is 12.4. The van der Waals surface area contributed by atoms with E-state index in [4.69, 9.17) is 0 Å². The summed E-state index contributed by atoms with van der Waals surface area (Å²) in [6.07, 6.45) is 1.88. The Labute approximate surface area is 131 Å². The average molecular weight is 304 g/mol. The quantitative estimate of drug-likeness (QED) is 0.852. The molecule has 0 bridgehead atoms. The van der Waals surface area contributed by atoms with Crippen molar-refractivity contribution in [3.05, 3.63) is 35.9 Å². The van der Waals surface area contributed by atoms with Crippen LogP contribution in [0.3, 0.4) is 0 Å². The molecule has 0 radical (unpaired) electrons. The lowest BCUT2D eigenvalue weighted by molar-refractivity contribution is -0.153. The molecular formula is C17H24N2O3. The van der Waals surface area contributed by atoms with Gasteiger partial charge < -0.3 is 14.9 Å². The van der Waals surface area contributed by atoms with Gasteiger partial charge in [-0.05, 0) is 24.3 Å². The minimum atomic E-state index is -0.521. The van der Waals surface area contributed by atoms with Crippen LogP contribution < -0.4 is 0 Å². The number of carbonyl (C=O) groups excluding carboxylic acids is 2. The summed E-state index contributed by atoms with van der Waals surface area (Å²) in [7, 11) is 0. The van der Waals surface area contributed by atoms with Crippen LogP contribution >= 0.6 is 0 Å². The first-order valence-electron chi connectivity index (χ1n) is 7.84. The van der Waals surface area contributed by atoms with Crippen molar-refractivity contribution >= 4 is 11.8 Å². The van der Waals surface area contributed by atoms with Crippen LogP contribution in [0, 0.1) is 5.92 Å². The molecule has 1 aliphatic rings. The minimum Gasteiger partial charge on any atom is -0.395 e. The smallest absolute Gasteiger partial charge is 0.312 e. The second-order valence-electron chi connectivity index (χ2n) is 5.91. The summed E-state index contributed by atoms with van der Waals surface area (Å²) in [6.45, 7) is 3.81. The second kappa shape index (κ2) is 7.94. The lowest BCUT2D eigenvalue weighted by Crippen LogP contribution is -2.48. The van der Waals surface area contributed by atoms with E-state index in [9.17, 15) is 14.7 Å². The van der Waals surface area contributed by atoms with Gasteiger partial charge >= 0.3 is 11.8 Å². The van der Waals surface area contributed by atoms with Crippen LogP contribution in [0.15, 0.2) is 30.3 Å². The summed E-state index contributed by atoms with van der Waals surface area (Å²) in [4.78, 5) is 27.9. The average Bonchev–Trinajstić information content (AvgIpc) is 2.55. The highest BCUT2D eigenvalue weighted by molar-refractivity contribution is 6.34. The SMILES string of the molecule is CC1CCN(C(=O)C(=O)N(CCO)Cc2ccccc2)CC1. The highest BCUT2D eigenvalue weighted by atomic mass is 16.3. The van der Waals surface area contributed by atoms with Crippen LogP contribution in [0.4, 0.5) is 0 Å². The first-order valence-corrected chi connectivity index (χ1v) is 7.84. The Bertz CT molecular complexity index is 496. The Morgan fingerprint density at radius 1 is 1.23 bits per heavy atom. The van der Waals surface area contributed by atoms with E-state index in [1.165, 1.54) is 4.90 Å². The van der Waals surface area contributed by atoms with Crippen molar-refractivity contribution in [1.29, 1.82) is 0 Å². The standard InChI is InChI=1S/C17H24N2O3/c1-14-7-9-18(10-8-14)16(21)17(22)19(11-12-20)13-15-5-3-2-4-6-15/h2-6,14,20H,7-13H2,1H3. The molecule has 5 heteroatoms. The van der Waals surface area contributed by atoms with Crippen molar-refractivity contribution in [2.24, 2.45) is 5.92 Å². The van der Waals surface area contributed by atoms with Crippen LogP contribution in [-0.4, -0.2) is 53.0 Å². The maximum Gasteiger partial charge on any atom is 0.312 e. The molecule has 22 heavy (non-hydrogen) atoms. The van der Waals surface area contributed by atoms with E-state index in [0.29, 0.717) is 25.6 Å². The number of carbonyl (C=O) groups is 2. The van der Waals surface area contributed by atoms with Gasteiger partial charge in [0.1, 0.15) is 0 Å². The van der Waals surface area contributed by atoms with Crippen molar-refractivity contribution in [2.75, 3.05) is 26.2 Å². The van der Waals surface area contributed by atoms with Crippen molar-refractivity contribution in [1.82, 2.24) is 9.80 Å². The minimum absolute atomic E-state index is 0.150. The van der Waals surface area contributed by atoms with Crippen molar-refractivity contribution in [3.8, 4) is 0 Å². The first-order chi connectivity index (χ1) is 10.6. The van der Waals surface area contributed by atoms with Gasteiger partial charge in [0.25, 0.3) is 0 Å². The topological polar surface area (TPSA) is 60.9 Å². The van der Waals surface area contributed by atoms with Gasteiger partial charge in [-0.15, -0.1) is 0 Å². The van der Waals surface area contributed by atoms with Gasteiger partial charge in [-0.1, -0.05) is 37.3 Å². The molecule has 1 aromatic carbocycles. The van der Waals surface area contributed by atoms with Gasteiger partial charge in [0.05, 0.1) is 6.61 Å². The molecule has 1 heterocycles. The highest BCUT2D eigenvalue weighted by Crippen LogP contribution is 2.16. The Hall–Kier alpha value is -1.88. The molecule has 1 fully saturated rings. The first kappa shape index (κ1) is 16.5. The number of amides is 2. The summed E-state index contributed by atoms with van der Waals surface area (Å²) in [5.41, 5.74) is 0.948. The maximum atomic E-state index is 12.4. The van der Waals surface area contributed by atoms with Crippen LogP contribution in [0.1, 0.15) is 25.3 Å². The molecule has 1 aliphatic heterocycles.